The number of nitrogens with one attached hydrogen (secondary N) is 1. The number of amidine groups is 1. The summed E-state index contributed by atoms with van der Waals surface area (Å²) < 4.78 is 0. The van der Waals surface area contributed by atoms with Crippen LogP contribution in [0.2, 0.25) is 0 Å². The van der Waals surface area contributed by atoms with Gasteiger partial charge in [-0.25, -0.2) is 4.79 Å². The number of anilines is 1. The van der Waals surface area contributed by atoms with Crippen LogP contribution in [0.25, 0.3) is 0 Å². The predicted octanol–water partition coefficient (Wildman–Crippen LogP) is 1.09. The first-order valence-corrected chi connectivity index (χ1v) is 13.1. The number of nitrogens with zero attached hydrogens (tertiary/aromatic N) is 5. The smallest absolute Gasteiger partial charge is 0.323 e. The van der Waals surface area contributed by atoms with Crippen molar-refractivity contribution in [1.82, 2.24) is 20.0 Å². The van der Waals surface area contributed by atoms with E-state index >= 15 is 0 Å². The highest BCUT2D eigenvalue weighted by molar-refractivity contribution is 6.04. The Balaban J connectivity index is 1.53. The van der Waals surface area contributed by atoms with Gasteiger partial charge in [-0.3, -0.25) is 29.7 Å². The van der Waals surface area contributed by atoms with Crippen LogP contribution in [0.1, 0.15) is 39.2 Å². The number of piperazine rings is 1. The molecule has 2 unspecified atom stereocenters. The van der Waals surface area contributed by atoms with Gasteiger partial charge in [0.25, 0.3) is 0 Å². The van der Waals surface area contributed by atoms with Gasteiger partial charge >= 0.3 is 6.03 Å². The summed E-state index contributed by atoms with van der Waals surface area (Å²) in [5, 5.41) is 2.77. The largest absolute Gasteiger partial charge is 0.338 e. The number of carbonyl (C=O) groups excluding carboxylic acids is 3. The highest BCUT2D eigenvalue weighted by Gasteiger charge is 2.31. The minimum absolute atomic E-state index is 0.135. The van der Waals surface area contributed by atoms with Crippen molar-refractivity contribution in [1.29, 1.82) is 0 Å². The lowest BCUT2D eigenvalue weighted by Gasteiger charge is -2.37. The first-order chi connectivity index (χ1) is 18.0. The van der Waals surface area contributed by atoms with Gasteiger partial charge in [0.2, 0.25) is 12.3 Å². The highest BCUT2D eigenvalue weighted by Crippen LogP contribution is 2.21. The molecule has 11 heteroatoms. The fourth-order valence-corrected chi connectivity index (χ4v) is 4.71. The fourth-order valence-electron chi connectivity index (χ4n) is 4.71. The van der Waals surface area contributed by atoms with Gasteiger partial charge in [0.1, 0.15) is 5.84 Å². The Bertz CT molecular complexity index is 1030. The summed E-state index contributed by atoms with van der Waals surface area (Å²) in [6.45, 7) is 9.01. The van der Waals surface area contributed by atoms with E-state index in [9.17, 15) is 14.4 Å². The third-order valence-electron chi connectivity index (χ3n) is 7.06. The number of amides is 4. The number of hydrogen-bond acceptors (Lipinski definition) is 7. The molecule has 0 aliphatic carbocycles. The lowest BCUT2D eigenvalue weighted by Crippen LogP contribution is -2.59. The van der Waals surface area contributed by atoms with Crippen molar-refractivity contribution in [3.63, 3.8) is 0 Å². The second-order valence-electron chi connectivity index (χ2n) is 10.6. The second kappa shape index (κ2) is 13.0. The number of piperidine rings is 1. The number of rotatable bonds is 7. The number of carbonyl (C=O) groups is 3. The summed E-state index contributed by atoms with van der Waals surface area (Å²) >= 11 is 0. The predicted molar refractivity (Wildman–Crippen MR) is 150 cm³/mol. The van der Waals surface area contributed by atoms with E-state index in [0.29, 0.717) is 50.2 Å². The third-order valence-corrected chi connectivity index (χ3v) is 7.06. The van der Waals surface area contributed by atoms with Gasteiger partial charge in [-0.1, -0.05) is 12.1 Å². The summed E-state index contributed by atoms with van der Waals surface area (Å²) in [6.07, 6.45) is 5.87. The first kappa shape index (κ1) is 29.3. The van der Waals surface area contributed by atoms with Crippen LogP contribution >= 0.6 is 0 Å². The molecule has 1 aromatic rings. The van der Waals surface area contributed by atoms with E-state index in [2.05, 4.69) is 22.1 Å². The quantitative estimate of drug-likeness (QED) is 0.276. The Kier molecular flexibility index (Phi) is 10.0. The molecule has 208 valence electrons. The van der Waals surface area contributed by atoms with Gasteiger partial charge in [0, 0.05) is 70.3 Å². The topological polar surface area (TPSA) is 141 Å². The molecule has 0 saturated carbocycles. The normalized spacial score (nSPS) is 21.5. The van der Waals surface area contributed by atoms with Crippen LogP contribution in [0.3, 0.4) is 0 Å². The van der Waals surface area contributed by atoms with Crippen molar-refractivity contribution in [2.75, 3.05) is 44.7 Å². The SMILES string of the molecule is C/N=C(\C=C/N(C=O)c1ccc(CN2CCC(N)CC2C)cc1)NC(=O)N1CCN(C(=O)C(C)(C)N)CC1. The van der Waals surface area contributed by atoms with Crippen molar-refractivity contribution in [2.45, 2.75) is 57.8 Å². The van der Waals surface area contributed by atoms with Crippen molar-refractivity contribution < 1.29 is 14.4 Å². The fraction of sp³-hybridized carbons (Fsp3) is 0.556. The molecule has 2 heterocycles. The average Bonchev–Trinajstić information content (AvgIpc) is 2.89. The molecule has 2 saturated heterocycles. The summed E-state index contributed by atoms with van der Waals surface area (Å²) in [5.41, 5.74) is 12.9. The Hall–Kier alpha value is -3.28. The number of nitrogens with two attached hydrogens (primary N) is 2. The number of benzene rings is 1. The second-order valence-corrected chi connectivity index (χ2v) is 10.6. The minimum Gasteiger partial charge on any atom is -0.338 e. The van der Waals surface area contributed by atoms with Crippen molar-refractivity contribution in [2.24, 2.45) is 16.5 Å². The maximum atomic E-state index is 12.7. The molecule has 0 aromatic heterocycles. The standard InChI is InChI=1S/C27H42N8O3/c1-20-17-22(28)9-11-34(20)18-21-5-7-23(8-6-21)35(19-36)12-10-24(30-4)31-26(38)33-15-13-32(14-16-33)25(37)27(2,3)29/h5-8,10,12,19-20,22H,9,11,13-18,28-29H2,1-4H3,(H,30,31,38)/b12-10-. The van der Waals surface area contributed by atoms with Crippen molar-refractivity contribution in [3.05, 3.63) is 42.1 Å². The lowest BCUT2D eigenvalue weighted by atomic mass is 9.98. The Morgan fingerprint density at radius 1 is 1.13 bits per heavy atom. The Morgan fingerprint density at radius 3 is 2.32 bits per heavy atom. The van der Waals surface area contributed by atoms with E-state index in [1.807, 2.05) is 24.3 Å². The zero-order valence-corrected chi connectivity index (χ0v) is 23.0. The van der Waals surface area contributed by atoms with Gasteiger partial charge in [-0.15, -0.1) is 0 Å². The maximum absolute atomic E-state index is 12.7. The van der Waals surface area contributed by atoms with E-state index < -0.39 is 5.54 Å². The van der Waals surface area contributed by atoms with Gasteiger partial charge < -0.3 is 21.3 Å². The monoisotopic (exact) mass is 526 g/mol. The van der Waals surface area contributed by atoms with Gasteiger partial charge in [-0.05, 0) is 57.4 Å². The van der Waals surface area contributed by atoms with Crippen LogP contribution in [-0.4, -0.2) is 96.3 Å². The van der Waals surface area contributed by atoms with Crippen molar-refractivity contribution >= 4 is 29.9 Å². The Morgan fingerprint density at radius 2 is 1.76 bits per heavy atom. The lowest BCUT2D eigenvalue weighted by molar-refractivity contribution is -0.137. The van der Waals surface area contributed by atoms with Crippen LogP contribution in [-0.2, 0) is 16.1 Å². The van der Waals surface area contributed by atoms with Gasteiger partial charge in [-0.2, -0.15) is 0 Å². The number of hydrogen-bond donors (Lipinski definition) is 3. The Labute approximate surface area is 225 Å². The molecule has 2 aliphatic rings. The molecule has 38 heavy (non-hydrogen) atoms. The summed E-state index contributed by atoms with van der Waals surface area (Å²) in [4.78, 5) is 48.2. The zero-order valence-electron chi connectivity index (χ0n) is 23.0. The first-order valence-electron chi connectivity index (χ1n) is 13.1. The third kappa shape index (κ3) is 7.86. The van der Waals surface area contributed by atoms with Crippen molar-refractivity contribution in [3.8, 4) is 0 Å². The van der Waals surface area contributed by atoms with E-state index in [1.165, 1.54) is 10.5 Å². The van der Waals surface area contributed by atoms with E-state index in [0.717, 1.165) is 25.9 Å². The van der Waals surface area contributed by atoms with Gasteiger partial charge in [0.05, 0.1) is 5.54 Å². The number of likely N-dealkylation sites (tertiary alicyclic amines) is 1. The van der Waals surface area contributed by atoms with Crippen LogP contribution in [0.5, 0.6) is 0 Å². The molecule has 11 nitrogen and oxygen atoms in total. The molecular weight excluding hydrogens is 484 g/mol. The van der Waals surface area contributed by atoms with Crippen LogP contribution in [0.4, 0.5) is 10.5 Å². The molecule has 2 fully saturated rings. The van der Waals surface area contributed by atoms with E-state index in [-0.39, 0.29) is 18.0 Å². The minimum atomic E-state index is -0.942. The van der Waals surface area contributed by atoms with Crippen LogP contribution in [0.15, 0.2) is 41.5 Å². The van der Waals surface area contributed by atoms with E-state index in [1.54, 1.807) is 43.0 Å². The molecule has 2 aliphatic heterocycles. The van der Waals surface area contributed by atoms with Crippen LogP contribution in [0, 0.1) is 0 Å². The maximum Gasteiger partial charge on any atom is 0.323 e. The molecular formula is C27H42N8O3. The summed E-state index contributed by atoms with van der Waals surface area (Å²) in [6, 6.07) is 8.26. The van der Waals surface area contributed by atoms with Crippen LogP contribution < -0.4 is 21.7 Å². The molecule has 5 N–H and O–H groups in total. The van der Waals surface area contributed by atoms with Gasteiger partial charge in [0.15, 0.2) is 0 Å². The molecule has 4 amide bonds. The molecule has 0 radical (unpaired) electrons. The number of urea groups is 1. The molecule has 1 aromatic carbocycles. The molecule has 0 bridgehead atoms. The molecule has 2 atom stereocenters. The molecule has 0 spiro atoms. The summed E-state index contributed by atoms with van der Waals surface area (Å²) in [7, 11) is 1.56. The molecule has 3 rings (SSSR count). The zero-order chi connectivity index (χ0) is 27.9. The van der Waals surface area contributed by atoms with E-state index in [4.69, 9.17) is 11.5 Å². The summed E-state index contributed by atoms with van der Waals surface area (Å²) in [5.74, 6) is 0.182. The average molecular weight is 527 g/mol. The highest BCUT2D eigenvalue weighted by atomic mass is 16.2. The number of aliphatic imine (C=N–C) groups is 1.